The summed E-state index contributed by atoms with van der Waals surface area (Å²) < 4.78 is 39.7. The van der Waals surface area contributed by atoms with Crippen LogP contribution in [0.5, 0.6) is 0 Å². The van der Waals surface area contributed by atoms with Crippen molar-refractivity contribution < 1.29 is 13.2 Å². The molecular formula is C11H10BrF3N4. The van der Waals surface area contributed by atoms with Crippen LogP contribution in [0.3, 0.4) is 0 Å². The summed E-state index contributed by atoms with van der Waals surface area (Å²) in [6.07, 6.45) is -2.31. The van der Waals surface area contributed by atoms with Crippen molar-refractivity contribution in [3.05, 3.63) is 40.1 Å². The molecule has 0 fully saturated rings. The Balaban J connectivity index is 2.41. The van der Waals surface area contributed by atoms with E-state index in [1.54, 1.807) is 6.20 Å². The van der Waals surface area contributed by atoms with E-state index in [0.717, 1.165) is 12.1 Å². The Bertz CT molecular complexity index is 580. The summed E-state index contributed by atoms with van der Waals surface area (Å²) in [5.41, 5.74) is 5.56. The van der Waals surface area contributed by atoms with Gasteiger partial charge in [0, 0.05) is 10.9 Å². The van der Waals surface area contributed by atoms with Gasteiger partial charge < -0.3 is 5.73 Å². The first kappa shape index (κ1) is 14.0. The summed E-state index contributed by atoms with van der Waals surface area (Å²) >= 11 is 3.06. The van der Waals surface area contributed by atoms with Crippen LogP contribution in [-0.2, 0) is 12.6 Å². The van der Waals surface area contributed by atoms with Gasteiger partial charge in [-0.2, -0.15) is 13.2 Å². The van der Waals surface area contributed by atoms with Crippen molar-refractivity contribution in [2.75, 3.05) is 6.54 Å². The second-order valence-corrected chi connectivity index (χ2v) is 4.80. The number of benzene rings is 1. The Morgan fingerprint density at radius 2 is 2.00 bits per heavy atom. The van der Waals surface area contributed by atoms with Gasteiger partial charge in [0.25, 0.3) is 0 Å². The maximum absolute atomic E-state index is 12.7. The van der Waals surface area contributed by atoms with Crippen molar-refractivity contribution in [2.24, 2.45) is 5.73 Å². The number of rotatable bonds is 3. The number of nitrogens with zero attached hydrogens (tertiary/aromatic N) is 3. The van der Waals surface area contributed by atoms with Crippen molar-refractivity contribution in [1.29, 1.82) is 0 Å². The van der Waals surface area contributed by atoms with E-state index >= 15 is 0 Å². The van der Waals surface area contributed by atoms with Crippen LogP contribution in [0.2, 0.25) is 0 Å². The number of nitrogens with two attached hydrogens (primary N) is 1. The normalized spacial score (nSPS) is 11.8. The van der Waals surface area contributed by atoms with E-state index in [2.05, 4.69) is 26.2 Å². The quantitative estimate of drug-likeness (QED) is 0.938. The van der Waals surface area contributed by atoms with E-state index in [1.165, 1.54) is 10.7 Å². The zero-order valence-electron chi connectivity index (χ0n) is 9.65. The second kappa shape index (κ2) is 5.30. The van der Waals surface area contributed by atoms with E-state index in [0.29, 0.717) is 23.1 Å². The standard InChI is InChI=1S/C11H10BrF3N4/c12-8-3-7(11(13,14)15)4-10(5-8)19-6-9(1-2-16)17-18-19/h3-6H,1-2,16H2. The van der Waals surface area contributed by atoms with Gasteiger partial charge in [-0.05, 0) is 24.7 Å². The summed E-state index contributed by atoms with van der Waals surface area (Å²) in [7, 11) is 0. The summed E-state index contributed by atoms with van der Waals surface area (Å²) in [5.74, 6) is 0. The zero-order valence-corrected chi connectivity index (χ0v) is 11.2. The smallest absolute Gasteiger partial charge is 0.330 e. The molecule has 0 saturated heterocycles. The molecule has 102 valence electrons. The molecule has 2 rings (SSSR count). The van der Waals surface area contributed by atoms with Gasteiger partial charge in [-0.3, -0.25) is 0 Å². The van der Waals surface area contributed by atoms with Crippen LogP contribution in [0.15, 0.2) is 28.9 Å². The number of alkyl halides is 3. The molecule has 0 amide bonds. The van der Waals surface area contributed by atoms with Gasteiger partial charge in [-0.1, -0.05) is 21.1 Å². The van der Waals surface area contributed by atoms with Crippen molar-refractivity contribution >= 4 is 15.9 Å². The minimum Gasteiger partial charge on any atom is -0.330 e. The summed E-state index contributed by atoms with van der Waals surface area (Å²) in [5, 5.41) is 7.63. The SMILES string of the molecule is NCCc1cn(-c2cc(Br)cc(C(F)(F)F)c2)nn1. The highest BCUT2D eigenvalue weighted by Gasteiger charge is 2.31. The Hall–Kier alpha value is -1.41. The van der Waals surface area contributed by atoms with Gasteiger partial charge in [0.2, 0.25) is 0 Å². The molecule has 19 heavy (non-hydrogen) atoms. The van der Waals surface area contributed by atoms with E-state index in [1.807, 2.05) is 0 Å². The number of hydrogen-bond acceptors (Lipinski definition) is 3. The lowest BCUT2D eigenvalue weighted by molar-refractivity contribution is -0.137. The maximum atomic E-state index is 12.7. The van der Waals surface area contributed by atoms with Crippen LogP contribution in [-0.4, -0.2) is 21.5 Å². The average molecular weight is 335 g/mol. The number of hydrogen-bond donors (Lipinski definition) is 1. The fraction of sp³-hybridized carbons (Fsp3) is 0.273. The van der Waals surface area contributed by atoms with Crippen LogP contribution >= 0.6 is 15.9 Å². The molecule has 8 heteroatoms. The third kappa shape index (κ3) is 3.32. The average Bonchev–Trinajstić information content (AvgIpc) is 2.76. The van der Waals surface area contributed by atoms with Gasteiger partial charge >= 0.3 is 6.18 Å². The molecule has 0 spiro atoms. The molecule has 0 aliphatic rings. The highest BCUT2D eigenvalue weighted by atomic mass is 79.9. The fourth-order valence-electron chi connectivity index (χ4n) is 1.56. The molecule has 0 aliphatic heterocycles. The van der Waals surface area contributed by atoms with E-state index in [4.69, 9.17) is 5.73 Å². The van der Waals surface area contributed by atoms with E-state index in [-0.39, 0.29) is 5.69 Å². The molecule has 0 saturated carbocycles. The lowest BCUT2D eigenvalue weighted by Crippen LogP contribution is -2.06. The first-order valence-corrected chi connectivity index (χ1v) is 6.19. The third-order valence-corrected chi connectivity index (χ3v) is 2.87. The van der Waals surface area contributed by atoms with Gasteiger partial charge in [-0.25, -0.2) is 4.68 Å². The fourth-order valence-corrected chi connectivity index (χ4v) is 2.04. The van der Waals surface area contributed by atoms with E-state index in [9.17, 15) is 13.2 Å². The Labute approximate surface area is 115 Å². The maximum Gasteiger partial charge on any atom is 0.416 e. The highest BCUT2D eigenvalue weighted by Crippen LogP contribution is 2.32. The first-order chi connectivity index (χ1) is 8.90. The van der Waals surface area contributed by atoms with Crippen LogP contribution < -0.4 is 5.73 Å². The largest absolute Gasteiger partial charge is 0.416 e. The lowest BCUT2D eigenvalue weighted by Gasteiger charge is -2.09. The third-order valence-electron chi connectivity index (χ3n) is 2.42. The molecule has 4 nitrogen and oxygen atoms in total. The molecule has 1 heterocycles. The minimum atomic E-state index is -4.40. The molecule has 2 N–H and O–H groups in total. The van der Waals surface area contributed by atoms with Crippen LogP contribution in [0.25, 0.3) is 5.69 Å². The van der Waals surface area contributed by atoms with Crippen molar-refractivity contribution in [1.82, 2.24) is 15.0 Å². The van der Waals surface area contributed by atoms with Gasteiger partial charge in [0.15, 0.2) is 0 Å². The topological polar surface area (TPSA) is 56.7 Å². The number of aromatic nitrogens is 3. The van der Waals surface area contributed by atoms with Crippen LogP contribution in [0, 0.1) is 0 Å². The Kier molecular flexibility index (Phi) is 3.91. The molecule has 0 unspecified atom stereocenters. The molecule has 0 atom stereocenters. The highest BCUT2D eigenvalue weighted by molar-refractivity contribution is 9.10. The molecule has 0 bridgehead atoms. The molecular weight excluding hydrogens is 325 g/mol. The predicted octanol–water partition coefficient (Wildman–Crippen LogP) is 2.55. The van der Waals surface area contributed by atoms with Crippen molar-refractivity contribution in [2.45, 2.75) is 12.6 Å². The van der Waals surface area contributed by atoms with Crippen LogP contribution in [0.1, 0.15) is 11.3 Å². The molecule has 1 aromatic carbocycles. The van der Waals surface area contributed by atoms with Crippen molar-refractivity contribution in [3.8, 4) is 5.69 Å². The van der Waals surface area contributed by atoms with Crippen molar-refractivity contribution in [3.63, 3.8) is 0 Å². The van der Waals surface area contributed by atoms with Gasteiger partial charge in [0.1, 0.15) is 0 Å². The molecule has 0 radical (unpaired) electrons. The Morgan fingerprint density at radius 1 is 1.26 bits per heavy atom. The Morgan fingerprint density at radius 3 is 2.63 bits per heavy atom. The van der Waals surface area contributed by atoms with E-state index < -0.39 is 11.7 Å². The summed E-state index contributed by atoms with van der Waals surface area (Å²) in [6.45, 7) is 0.408. The lowest BCUT2D eigenvalue weighted by atomic mass is 10.2. The van der Waals surface area contributed by atoms with Gasteiger partial charge in [-0.15, -0.1) is 5.10 Å². The first-order valence-electron chi connectivity index (χ1n) is 5.39. The molecule has 2 aromatic rings. The second-order valence-electron chi connectivity index (χ2n) is 3.89. The monoisotopic (exact) mass is 334 g/mol. The summed E-state index contributed by atoms with van der Waals surface area (Å²) in [4.78, 5) is 0. The molecule has 0 aliphatic carbocycles. The zero-order chi connectivity index (χ0) is 14.0. The number of halogens is 4. The van der Waals surface area contributed by atoms with Crippen LogP contribution in [0.4, 0.5) is 13.2 Å². The predicted molar refractivity (Wildman–Crippen MR) is 66.8 cm³/mol. The van der Waals surface area contributed by atoms with Gasteiger partial charge in [0.05, 0.1) is 23.1 Å². The minimum absolute atomic E-state index is 0.289. The molecule has 1 aromatic heterocycles. The summed E-state index contributed by atoms with van der Waals surface area (Å²) in [6, 6.07) is 3.57.